The number of para-hydroxylation sites is 1. The maximum atomic E-state index is 6.40. The average molecular weight is 403 g/mol. The minimum atomic E-state index is -1.18. The fourth-order valence-corrected chi connectivity index (χ4v) is 5.16. The lowest BCUT2D eigenvalue weighted by Crippen LogP contribution is -2.15. The van der Waals surface area contributed by atoms with Gasteiger partial charge in [0.15, 0.2) is 0 Å². The van der Waals surface area contributed by atoms with Crippen LogP contribution in [0.4, 0.5) is 0 Å². The van der Waals surface area contributed by atoms with E-state index in [-0.39, 0.29) is 6.10 Å². The van der Waals surface area contributed by atoms with Crippen molar-refractivity contribution >= 4 is 31.0 Å². The van der Waals surface area contributed by atoms with E-state index in [1.165, 1.54) is 16.5 Å². The molecule has 1 aliphatic heterocycles. The fourth-order valence-electron chi connectivity index (χ4n) is 3.39. The lowest BCUT2D eigenvalue weighted by atomic mass is 10.1. The van der Waals surface area contributed by atoms with Crippen LogP contribution in [0.3, 0.4) is 0 Å². The van der Waals surface area contributed by atoms with E-state index in [1.807, 2.05) is 18.2 Å². The highest BCUT2D eigenvalue weighted by atomic mass is 35.5. The number of hydrogen-bond donors (Lipinski definition) is 0. The van der Waals surface area contributed by atoms with Gasteiger partial charge < -0.3 is 13.9 Å². The second kappa shape index (κ2) is 8.30. The van der Waals surface area contributed by atoms with Gasteiger partial charge in [0, 0.05) is 29.6 Å². The minimum Gasteiger partial charge on any atom is -0.317 e. The summed E-state index contributed by atoms with van der Waals surface area (Å²) in [5.41, 5.74) is 3.62. The molecule has 1 saturated heterocycles. The summed E-state index contributed by atoms with van der Waals surface area (Å²) >= 11 is 6.17. The lowest BCUT2D eigenvalue weighted by molar-refractivity contribution is 0.105. The van der Waals surface area contributed by atoms with Crippen LogP contribution in [0, 0.1) is 0 Å². The van der Waals surface area contributed by atoms with Crippen molar-refractivity contribution in [2.75, 3.05) is 27.2 Å². The third-order valence-electron chi connectivity index (χ3n) is 4.80. The number of rotatable bonds is 5. The molecular formula is C21H24ClN2O2P. The zero-order valence-corrected chi connectivity index (χ0v) is 17.3. The summed E-state index contributed by atoms with van der Waals surface area (Å²) < 4.78 is 14.6. The third-order valence-corrected chi connectivity index (χ3v) is 6.56. The van der Waals surface area contributed by atoms with E-state index in [0.717, 1.165) is 30.0 Å². The quantitative estimate of drug-likeness (QED) is 0.516. The van der Waals surface area contributed by atoms with Crippen molar-refractivity contribution in [3.63, 3.8) is 0 Å². The Hall–Kier alpha value is -1.42. The van der Waals surface area contributed by atoms with Gasteiger partial charge in [-0.1, -0.05) is 41.9 Å². The summed E-state index contributed by atoms with van der Waals surface area (Å²) in [4.78, 5) is 2.21. The molecule has 0 saturated carbocycles. The summed E-state index contributed by atoms with van der Waals surface area (Å²) in [7, 11) is 3.02. The van der Waals surface area contributed by atoms with Gasteiger partial charge in [0.2, 0.25) is 0 Å². The summed E-state index contributed by atoms with van der Waals surface area (Å²) in [5.74, 6) is 0. The first-order valence-electron chi connectivity index (χ1n) is 9.21. The Morgan fingerprint density at radius 1 is 1.19 bits per heavy atom. The van der Waals surface area contributed by atoms with E-state index in [0.29, 0.717) is 6.61 Å². The summed E-state index contributed by atoms with van der Waals surface area (Å²) in [5, 5.41) is 2.02. The highest BCUT2D eigenvalue weighted by Gasteiger charge is 2.28. The Balaban J connectivity index is 1.63. The van der Waals surface area contributed by atoms with E-state index in [1.54, 1.807) is 0 Å². The largest absolute Gasteiger partial charge is 0.317 e. The van der Waals surface area contributed by atoms with Crippen molar-refractivity contribution in [2.45, 2.75) is 18.9 Å². The van der Waals surface area contributed by atoms with Crippen molar-refractivity contribution in [3.8, 4) is 0 Å². The molecule has 0 spiro atoms. The Morgan fingerprint density at radius 2 is 2.04 bits per heavy atom. The fraction of sp³-hybridized carbons (Fsp3) is 0.333. The zero-order valence-electron chi connectivity index (χ0n) is 15.6. The Labute approximate surface area is 166 Å². The molecule has 0 N–H and O–H groups in total. The molecule has 0 radical (unpaired) electrons. The molecule has 142 valence electrons. The molecule has 2 atom stereocenters. The van der Waals surface area contributed by atoms with E-state index in [4.69, 9.17) is 20.6 Å². The molecule has 4 nitrogen and oxygen atoms in total. The van der Waals surface area contributed by atoms with E-state index >= 15 is 0 Å². The predicted octanol–water partition coefficient (Wildman–Crippen LogP) is 5.65. The molecule has 1 aromatic heterocycles. The van der Waals surface area contributed by atoms with Crippen LogP contribution in [0.2, 0.25) is 5.02 Å². The Kier molecular flexibility index (Phi) is 5.82. The van der Waals surface area contributed by atoms with Crippen molar-refractivity contribution in [1.82, 2.24) is 9.24 Å². The van der Waals surface area contributed by atoms with Crippen molar-refractivity contribution in [3.05, 3.63) is 70.9 Å². The number of hydrogen-bond acceptors (Lipinski definition) is 3. The zero-order chi connectivity index (χ0) is 18.8. The maximum Gasteiger partial charge on any atom is 0.294 e. The smallest absolute Gasteiger partial charge is 0.294 e. The normalized spacial score (nSPS) is 20.4. The van der Waals surface area contributed by atoms with Gasteiger partial charge in [-0.3, -0.25) is 4.34 Å². The van der Waals surface area contributed by atoms with Gasteiger partial charge in [-0.05, 0) is 49.8 Å². The lowest BCUT2D eigenvalue weighted by Gasteiger charge is -2.30. The number of benzene rings is 2. The highest BCUT2D eigenvalue weighted by molar-refractivity contribution is 7.45. The molecule has 1 fully saturated rings. The van der Waals surface area contributed by atoms with Crippen LogP contribution in [0.15, 0.2) is 54.7 Å². The third kappa shape index (κ3) is 4.21. The maximum absolute atomic E-state index is 6.40. The number of likely N-dealkylation sites (N-methyl/N-ethyl adjacent to an activating group) is 1. The highest BCUT2D eigenvalue weighted by Crippen LogP contribution is 2.51. The van der Waals surface area contributed by atoms with Gasteiger partial charge in [-0.25, -0.2) is 0 Å². The first-order valence-corrected chi connectivity index (χ1v) is 10.7. The first kappa shape index (κ1) is 18.9. The number of aromatic nitrogens is 1. The van der Waals surface area contributed by atoms with Gasteiger partial charge in [0.05, 0.1) is 18.2 Å². The molecule has 2 heterocycles. The molecule has 2 aromatic carbocycles. The second-order valence-electron chi connectivity index (χ2n) is 7.08. The van der Waals surface area contributed by atoms with Gasteiger partial charge in [-0.15, -0.1) is 0 Å². The topological polar surface area (TPSA) is 26.6 Å². The second-order valence-corrected chi connectivity index (χ2v) is 8.89. The average Bonchev–Trinajstić information content (AvgIpc) is 3.05. The minimum absolute atomic E-state index is 0.00921. The first-order chi connectivity index (χ1) is 13.1. The summed E-state index contributed by atoms with van der Waals surface area (Å²) in [6.45, 7) is 1.70. The van der Waals surface area contributed by atoms with Gasteiger partial charge >= 0.3 is 0 Å². The molecule has 0 bridgehead atoms. The van der Waals surface area contributed by atoms with Crippen LogP contribution in [0.25, 0.3) is 10.9 Å². The van der Waals surface area contributed by atoms with E-state index in [2.05, 4.69) is 59.9 Å². The Bertz CT molecular complexity index is 927. The van der Waals surface area contributed by atoms with Crippen molar-refractivity contribution in [1.29, 1.82) is 0 Å². The number of fused-ring (bicyclic) bond motifs is 1. The molecule has 6 heteroatoms. The van der Waals surface area contributed by atoms with Crippen LogP contribution in [-0.4, -0.2) is 36.5 Å². The molecule has 4 rings (SSSR count). The van der Waals surface area contributed by atoms with Crippen LogP contribution in [0.5, 0.6) is 0 Å². The van der Waals surface area contributed by atoms with Gasteiger partial charge in [0.1, 0.15) is 0 Å². The monoisotopic (exact) mass is 402 g/mol. The standard InChI is InChI=1S/C21H24ClN2O2P/c1-23(2)12-10-17-15-24(20-9-4-3-8-19(17)20)27-25-13-11-21(26-27)16-6-5-7-18(22)14-16/h3-9,14-15,21H,10-13H2,1-2H3. The summed E-state index contributed by atoms with van der Waals surface area (Å²) in [6.07, 6.45) is 4.06. The SMILES string of the molecule is CN(C)CCc1cn(P2OCCC(c3cccc(Cl)c3)O2)c2ccccc12. The summed E-state index contributed by atoms with van der Waals surface area (Å²) in [6, 6.07) is 16.4. The van der Waals surface area contributed by atoms with E-state index in [9.17, 15) is 0 Å². The van der Waals surface area contributed by atoms with Crippen LogP contribution in [-0.2, 0) is 15.5 Å². The number of halogens is 1. The molecule has 0 aliphatic carbocycles. The number of nitrogens with zero attached hydrogens (tertiary/aromatic N) is 2. The van der Waals surface area contributed by atoms with Crippen LogP contribution < -0.4 is 0 Å². The molecule has 2 unspecified atom stereocenters. The molecule has 1 aliphatic rings. The van der Waals surface area contributed by atoms with Crippen LogP contribution in [0.1, 0.15) is 23.7 Å². The predicted molar refractivity (Wildman–Crippen MR) is 112 cm³/mol. The van der Waals surface area contributed by atoms with Gasteiger partial charge in [0.25, 0.3) is 8.53 Å². The van der Waals surface area contributed by atoms with Gasteiger partial charge in [-0.2, -0.15) is 0 Å². The molecular weight excluding hydrogens is 379 g/mol. The molecule has 27 heavy (non-hydrogen) atoms. The van der Waals surface area contributed by atoms with Crippen LogP contribution >= 0.6 is 20.1 Å². The molecule has 3 aromatic rings. The molecule has 0 amide bonds. The van der Waals surface area contributed by atoms with E-state index < -0.39 is 8.53 Å². The van der Waals surface area contributed by atoms with Crippen molar-refractivity contribution in [2.24, 2.45) is 0 Å². The Morgan fingerprint density at radius 3 is 2.85 bits per heavy atom. The van der Waals surface area contributed by atoms with Crippen molar-refractivity contribution < 1.29 is 9.05 Å².